The van der Waals surface area contributed by atoms with Crippen molar-refractivity contribution in [2.75, 3.05) is 0 Å². The van der Waals surface area contributed by atoms with Gasteiger partial charge in [-0.1, -0.05) is 12.1 Å². The largest absolute Gasteiger partial charge is 0.488 e. The van der Waals surface area contributed by atoms with Crippen LogP contribution < -0.4 is 10.1 Å². The molecule has 4 heteroatoms. The van der Waals surface area contributed by atoms with Crippen LogP contribution >= 0.6 is 0 Å². The summed E-state index contributed by atoms with van der Waals surface area (Å²) in [5, 5.41) is 2.22. The number of carbonyl (C=O) groups is 2. The van der Waals surface area contributed by atoms with Crippen molar-refractivity contribution in [3.8, 4) is 5.75 Å². The number of hydrogen-bond donors (Lipinski definition) is 1. The minimum absolute atomic E-state index is 0.305. The number of nitrogens with one attached hydrogen (secondary N) is 1. The Morgan fingerprint density at radius 2 is 1.89 bits per heavy atom. The van der Waals surface area contributed by atoms with Crippen molar-refractivity contribution in [1.29, 1.82) is 0 Å². The van der Waals surface area contributed by atoms with E-state index >= 15 is 0 Å². The zero-order valence-corrected chi connectivity index (χ0v) is 10.6. The van der Waals surface area contributed by atoms with Crippen LogP contribution in [0.15, 0.2) is 30.3 Å². The molecule has 1 N–H and O–H groups in total. The van der Waals surface area contributed by atoms with Gasteiger partial charge in [0.05, 0.1) is 5.57 Å². The maximum Gasteiger partial charge on any atom is 0.258 e. The third-order valence-corrected chi connectivity index (χ3v) is 2.33. The van der Waals surface area contributed by atoms with Crippen LogP contribution in [0.2, 0.25) is 0 Å². The van der Waals surface area contributed by atoms with Crippen molar-refractivity contribution >= 4 is 17.4 Å². The molecule has 1 aliphatic heterocycles. The molecule has 2 amide bonds. The van der Waals surface area contributed by atoms with Crippen LogP contribution in [-0.4, -0.2) is 17.4 Å². The lowest BCUT2D eigenvalue weighted by Gasteiger charge is -2.21. The van der Waals surface area contributed by atoms with Gasteiger partial charge in [0.2, 0.25) is 0 Å². The van der Waals surface area contributed by atoms with Gasteiger partial charge in [-0.3, -0.25) is 14.9 Å². The van der Waals surface area contributed by atoms with Crippen LogP contribution in [0.4, 0.5) is 0 Å². The highest BCUT2D eigenvalue weighted by atomic mass is 16.5. The Bertz CT molecular complexity index is 538. The number of hydrogen-bond acceptors (Lipinski definition) is 3. The van der Waals surface area contributed by atoms with Gasteiger partial charge in [-0.25, -0.2) is 0 Å². The van der Waals surface area contributed by atoms with Gasteiger partial charge < -0.3 is 4.74 Å². The molecule has 2 rings (SSSR count). The third kappa shape index (κ3) is 2.77. The van der Waals surface area contributed by atoms with Crippen molar-refractivity contribution in [2.24, 2.45) is 0 Å². The first-order valence-corrected chi connectivity index (χ1v) is 5.72. The Balaban J connectivity index is 2.31. The average Bonchev–Trinajstić information content (AvgIpc) is 2.55. The SMILES string of the molecule is CC(C)(C)Oc1cccc(C2=CC(=O)NC2=O)c1. The van der Waals surface area contributed by atoms with E-state index in [0.717, 1.165) is 0 Å². The standard InChI is InChI=1S/C14H15NO3/c1-14(2,3)18-10-6-4-5-9(7-10)11-8-12(16)15-13(11)17/h4-8H,1-3H3,(H,15,16,17). The third-order valence-electron chi connectivity index (χ3n) is 2.33. The van der Waals surface area contributed by atoms with E-state index in [4.69, 9.17) is 4.74 Å². The number of ether oxygens (including phenoxy) is 1. The van der Waals surface area contributed by atoms with Crippen LogP contribution in [0.5, 0.6) is 5.75 Å². The molecule has 4 nitrogen and oxygen atoms in total. The molecule has 0 aromatic heterocycles. The second kappa shape index (κ2) is 4.29. The Labute approximate surface area is 106 Å². The summed E-state index contributed by atoms with van der Waals surface area (Å²) in [6.07, 6.45) is 1.30. The molecular weight excluding hydrogens is 230 g/mol. The Morgan fingerprint density at radius 1 is 1.17 bits per heavy atom. The minimum Gasteiger partial charge on any atom is -0.488 e. The molecule has 1 heterocycles. The van der Waals surface area contributed by atoms with Crippen LogP contribution in [0.1, 0.15) is 26.3 Å². The maximum absolute atomic E-state index is 11.5. The fraction of sp³-hybridized carbons (Fsp3) is 0.286. The summed E-state index contributed by atoms with van der Waals surface area (Å²) >= 11 is 0. The van der Waals surface area contributed by atoms with Crippen LogP contribution in [-0.2, 0) is 9.59 Å². The highest BCUT2D eigenvalue weighted by molar-refractivity contribution is 6.33. The van der Waals surface area contributed by atoms with Crippen LogP contribution in [0, 0.1) is 0 Å². The second-order valence-corrected chi connectivity index (χ2v) is 5.12. The minimum atomic E-state index is -0.378. The van der Waals surface area contributed by atoms with E-state index in [1.165, 1.54) is 6.08 Å². The van der Waals surface area contributed by atoms with Gasteiger partial charge in [0.15, 0.2) is 0 Å². The number of amides is 2. The summed E-state index contributed by atoms with van der Waals surface area (Å²) in [5.74, 6) is -0.0712. The lowest BCUT2D eigenvalue weighted by molar-refractivity contribution is -0.123. The highest BCUT2D eigenvalue weighted by Crippen LogP contribution is 2.24. The van der Waals surface area contributed by atoms with E-state index < -0.39 is 0 Å². The number of rotatable bonds is 2. The Kier molecular flexibility index (Phi) is 2.95. The summed E-state index contributed by atoms with van der Waals surface area (Å²) in [7, 11) is 0. The molecule has 1 aliphatic rings. The molecule has 1 aromatic rings. The summed E-state index contributed by atoms with van der Waals surface area (Å²) in [4.78, 5) is 22.7. The van der Waals surface area contributed by atoms with E-state index in [2.05, 4.69) is 5.32 Å². The zero-order chi connectivity index (χ0) is 13.3. The summed E-state index contributed by atoms with van der Waals surface area (Å²) < 4.78 is 5.72. The van der Waals surface area contributed by atoms with E-state index in [9.17, 15) is 9.59 Å². The lowest BCUT2D eigenvalue weighted by atomic mass is 10.1. The molecular formula is C14H15NO3. The normalized spacial score (nSPS) is 15.4. The summed E-state index contributed by atoms with van der Waals surface area (Å²) in [5.41, 5.74) is 0.750. The molecule has 18 heavy (non-hydrogen) atoms. The molecule has 0 saturated carbocycles. The first kappa shape index (κ1) is 12.4. The zero-order valence-electron chi connectivity index (χ0n) is 10.6. The predicted octanol–water partition coefficient (Wildman–Crippen LogP) is 1.90. The van der Waals surface area contributed by atoms with Crippen molar-refractivity contribution in [1.82, 2.24) is 5.32 Å². The number of imide groups is 1. The molecule has 0 spiro atoms. The van der Waals surface area contributed by atoms with E-state index in [1.807, 2.05) is 26.8 Å². The fourth-order valence-corrected chi connectivity index (χ4v) is 1.71. The molecule has 94 valence electrons. The van der Waals surface area contributed by atoms with Gasteiger partial charge in [0, 0.05) is 6.08 Å². The van der Waals surface area contributed by atoms with E-state index in [-0.39, 0.29) is 17.4 Å². The first-order chi connectivity index (χ1) is 8.35. The van der Waals surface area contributed by atoms with Gasteiger partial charge in [0.25, 0.3) is 11.8 Å². The van der Waals surface area contributed by atoms with Crippen LogP contribution in [0.3, 0.4) is 0 Å². The summed E-state index contributed by atoms with van der Waals surface area (Å²) in [6.45, 7) is 5.85. The number of benzene rings is 1. The van der Waals surface area contributed by atoms with Gasteiger partial charge in [0.1, 0.15) is 11.4 Å². The monoisotopic (exact) mass is 245 g/mol. The van der Waals surface area contributed by atoms with Gasteiger partial charge in [-0.05, 0) is 38.5 Å². The molecule has 0 atom stereocenters. The first-order valence-electron chi connectivity index (χ1n) is 5.72. The Morgan fingerprint density at radius 3 is 2.44 bits per heavy atom. The fourth-order valence-electron chi connectivity index (χ4n) is 1.71. The molecule has 0 unspecified atom stereocenters. The second-order valence-electron chi connectivity index (χ2n) is 5.12. The Hall–Kier alpha value is -2.10. The number of carbonyl (C=O) groups excluding carboxylic acids is 2. The summed E-state index contributed by atoms with van der Waals surface area (Å²) in [6, 6.07) is 7.16. The molecule has 1 aromatic carbocycles. The molecule has 0 aliphatic carbocycles. The topological polar surface area (TPSA) is 55.4 Å². The molecule has 0 radical (unpaired) electrons. The van der Waals surface area contributed by atoms with Crippen molar-refractivity contribution in [3.63, 3.8) is 0 Å². The molecule has 0 fully saturated rings. The highest BCUT2D eigenvalue weighted by Gasteiger charge is 2.22. The predicted molar refractivity (Wildman–Crippen MR) is 67.9 cm³/mol. The van der Waals surface area contributed by atoms with E-state index in [0.29, 0.717) is 16.9 Å². The van der Waals surface area contributed by atoms with Crippen molar-refractivity contribution < 1.29 is 14.3 Å². The van der Waals surface area contributed by atoms with Crippen LogP contribution in [0.25, 0.3) is 5.57 Å². The smallest absolute Gasteiger partial charge is 0.258 e. The van der Waals surface area contributed by atoms with E-state index in [1.54, 1.807) is 18.2 Å². The molecule has 0 saturated heterocycles. The maximum atomic E-state index is 11.5. The van der Waals surface area contributed by atoms with Gasteiger partial charge in [-0.2, -0.15) is 0 Å². The van der Waals surface area contributed by atoms with Crippen molar-refractivity contribution in [2.45, 2.75) is 26.4 Å². The quantitative estimate of drug-likeness (QED) is 0.810. The lowest BCUT2D eigenvalue weighted by Crippen LogP contribution is -2.23. The van der Waals surface area contributed by atoms with Crippen molar-refractivity contribution in [3.05, 3.63) is 35.9 Å². The average molecular weight is 245 g/mol. The van der Waals surface area contributed by atoms with Gasteiger partial charge in [-0.15, -0.1) is 0 Å². The molecule has 0 bridgehead atoms. The van der Waals surface area contributed by atoms with Gasteiger partial charge >= 0.3 is 0 Å².